The van der Waals surface area contributed by atoms with E-state index in [0.29, 0.717) is 13.0 Å². The smallest absolute Gasteiger partial charge is 0.404 e. The number of nitrogens with two attached hydrogens (primary N) is 1. The third-order valence-corrected chi connectivity index (χ3v) is 3.91. The summed E-state index contributed by atoms with van der Waals surface area (Å²) >= 11 is 0. The van der Waals surface area contributed by atoms with Gasteiger partial charge in [0, 0.05) is 13.5 Å². The first-order valence-corrected chi connectivity index (χ1v) is 6.99. The molecule has 2 fully saturated rings. The zero-order valence-electron chi connectivity index (χ0n) is 11.8. The largest absolute Gasteiger partial charge is 0.443 e. The van der Waals surface area contributed by atoms with Crippen molar-refractivity contribution in [2.45, 2.75) is 36.9 Å². The van der Waals surface area contributed by atoms with Crippen molar-refractivity contribution >= 4 is 6.09 Å². The van der Waals surface area contributed by atoms with Crippen molar-refractivity contribution in [3.8, 4) is 0 Å². The SMILES string of the molecule is CO[C@H](C(Cc1ccccc1)OC(N)=O)[C@H]1OC[C@H]2O[C@H]12. The molecule has 0 saturated carbocycles. The minimum absolute atomic E-state index is 0.0321. The molecule has 2 aliphatic rings. The molecule has 1 aromatic carbocycles. The van der Waals surface area contributed by atoms with Crippen LogP contribution in [0.15, 0.2) is 30.3 Å². The highest BCUT2D eigenvalue weighted by atomic mass is 16.7. The molecule has 2 heterocycles. The van der Waals surface area contributed by atoms with Crippen molar-refractivity contribution in [3.05, 3.63) is 35.9 Å². The molecule has 1 unspecified atom stereocenters. The van der Waals surface area contributed by atoms with Gasteiger partial charge in [0.05, 0.1) is 6.61 Å². The van der Waals surface area contributed by atoms with E-state index in [9.17, 15) is 4.79 Å². The Morgan fingerprint density at radius 3 is 2.71 bits per heavy atom. The van der Waals surface area contributed by atoms with Crippen molar-refractivity contribution in [2.75, 3.05) is 13.7 Å². The summed E-state index contributed by atoms with van der Waals surface area (Å²) < 4.78 is 22.0. The third-order valence-electron chi connectivity index (χ3n) is 3.91. The molecule has 2 saturated heterocycles. The highest BCUT2D eigenvalue weighted by Gasteiger charge is 2.56. The molecule has 2 aliphatic heterocycles. The minimum Gasteiger partial charge on any atom is -0.443 e. The molecule has 114 valence electrons. The second-order valence-electron chi connectivity index (χ2n) is 5.30. The van der Waals surface area contributed by atoms with Gasteiger partial charge < -0.3 is 24.7 Å². The van der Waals surface area contributed by atoms with Gasteiger partial charge in [-0.15, -0.1) is 0 Å². The predicted octanol–water partition coefficient (Wildman–Crippen LogP) is 0.874. The van der Waals surface area contributed by atoms with E-state index in [1.165, 1.54) is 0 Å². The molecule has 0 bridgehead atoms. The molecule has 0 aliphatic carbocycles. The van der Waals surface area contributed by atoms with E-state index in [1.54, 1.807) is 7.11 Å². The second kappa shape index (κ2) is 6.01. The Balaban J connectivity index is 1.74. The lowest BCUT2D eigenvalue weighted by Gasteiger charge is -2.29. The Morgan fingerprint density at radius 2 is 2.19 bits per heavy atom. The standard InChI is InChI=1S/C15H19NO5/c1-18-12(14-13-11(20-13)8-19-14)10(21-15(16)17)7-9-5-3-2-4-6-9/h2-6,10-14H,7-8H2,1H3,(H2,16,17)/t10?,11-,12-,13+,14-/m1/s1. The number of fused-ring (bicyclic) bond motifs is 1. The average molecular weight is 293 g/mol. The maximum absolute atomic E-state index is 11.2. The molecule has 5 atom stereocenters. The summed E-state index contributed by atoms with van der Waals surface area (Å²) in [6.45, 7) is 0.559. The molecule has 21 heavy (non-hydrogen) atoms. The normalized spacial score (nSPS) is 29.5. The fourth-order valence-corrected chi connectivity index (χ4v) is 2.88. The second-order valence-corrected chi connectivity index (χ2v) is 5.30. The highest BCUT2D eigenvalue weighted by Crippen LogP contribution is 2.37. The molecule has 2 N–H and O–H groups in total. The molecular formula is C15H19NO5. The van der Waals surface area contributed by atoms with E-state index in [0.717, 1.165) is 5.56 Å². The van der Waals surface area contributed by atoms with Crippen molar-refractivity contribution in [3.63, 3.8) is 0 Å². The van der Waals surface area contributed by atoms with E-state index in [1.807, 2.05) is 30.3 Å². The number of primary amides is 1. The summed E-state index contributed by atoms with van der Waals surface area (Å²) in [6, 6.07) is 9.74. The summed E-state index contributed by atoms with van der Waals surface area (Å²) in [5.41, 5.74) is 6.23. The van der Waals surface area contributed by atoms with Crippen LogP contribution >= 0.6 is 0 Å². The summed E-state index contributed by atoms with van der Waals surface area (Å²) in [5.74, 6) is 0. The third kappa shape index (κ3) is 3.18. The topological polar surface area (TPSA) is 83.3 Å². The molecule has 1 aromatic rings. The van der Waals surface area contributed by atoms with Crippen LogP contribution in [0, 0.1) is 0 Å². The van der Waals surface area contributed by atoms with Crippen LogP contribution < -0.4 is 5.73 Å². The molecule has 6 nitrogen and oxygen atoms in total. The Kier molecular flexibility index (Phi) is 4.10. The minimum atomic E-state index is -0.816. The molecule has 3 rings (SSSR count). The van der Waals surface area contributed by atoms with Crippen LogP contribution in [-0.2, 0) is 25.4 Å². The quantitative estimate of drug-likeness (QED) is 0.787. The van der Waals surface area contributed by atoms with Crippen LogP contribution in [0.1, 0.15) is 5.56 Å². The first kappa shape index (κ1) is 14.3. The number of carbonyl (C=O) groups excluding carboxylic acids is 1. The van der Waals surface area contributed by atoms with Gasteiger partial charge in [0.25, 0.3) is 0 Å². The lowest BCUT2D eigenvalue weighted by molar-refractivity contribution is -0.112. The maximum atomic E-state index is 11.2. The van der Waals surface area contributed by atoms with Crippen LogP contribution in [0.3, 0.4) is 0 Å². The van der Waals surface area contributed by atoms with E-state index in [4.69, 9.17) is 24.7 Å². The fraction of sp³-hybridized carbons (Fsp3) is 0.533. The number of ether oxygens (including phenoxy) is 4. The number of epoxide rings is 1. The molecular weight excluding hydrogens is 274 g/mol. The van der Waals surface area contributed by atoms with Crippen molar-refractivity contribution in [1.29, 1.82) is 0 Å². The Hall–Kier alpha value is -1.63. The molecule has 0 aromatic heterocycles. The lowest BCUT2D eigenvalue weighted by atomic mass is 9.98. The van der Waals surface area contributed by atoms with Gasteiger partial charge in [0.2, 0.25) is 0 Å². The van der Waals surface area contributed by atoms with Gasteiger partial charge in [0.1, 0.15) is 30.5 Å². The van der Waals surface area contributed by atoms with Crippen molar-refractivity contribution in [1.82, 2.24) is 0 Å². The van der Waals surface area contributed by atoms with E-state index in [2.05, 4.69) is 0 Å². The van der Waals surface area contributed by atoms with Crippen LogP contribution in [0.25, 0.3) is 0 Å². The van der Waals surface area contributed by atoms with Crippen molar-refractivity contribution < 1.29 is 23.7 Å². The zero-order valence-corrected chi connectivity index (χ0v) is 11.8. The van der Waals surface area contributed by atoms with Gasteiger partial charge in [0.15, 0.2) is 0 Å². The maximum Gasteiger partial charge on any atom is 0.404 e. The molecule has 1 amide bonds. The number of hydrogen-bond acceptors (Lipinski definition) is 5. The first-order chi connectivity index (χ1) is 10.2. The summed E-state index contributed by atoms with van der Waals surface area (Å²) in [6.07, 6.45) is -1.27. The number of amides is 1. The zero-order chi connectivity index (χ0) is 14.8. The Labute approximate surface area is 123 Å². The van der Waals surface area contributed by atoms with E-state index >= 15 is 0 Å². The summed E-state index contributed by atoms with van der Waals surface area (Å²) in [5, 5.41) is 0. The van der Waals surface area contributed by atoms with Crippen LogP contribution in [0.5, 0.6) is 0 Å². The first-order valence-electron chi connectivity index (χ1n) is 6.99. The molecule has 6 heteroatoms. The van der Waals surface area contributed by atoms with Gasteiger partial charge in [-0.3, -0.25) is 0 Å². The van der Waals surface area contributed by atoms with E-state index in [-0.39, 0.29) is 18.3 Å². The fourth-order valence-electron chi connectivity index (χ4n) is 2.88. The monoisotopic (exact) mass is 293 g/mol. The van der Waals surface area contributed by atoms with Crippen LogP contribution in [-0.4, -0.2) is 50.3 Å². The van der Waals surface area contributed by atoms with Gasteiger partial charge in [-0.25, -0.2) is 4.79 Å². The number of methoxy groups -OCH3 is 1. The van der Waals surface area contributed by atoms with E-state index < -0.39 is 18.3 Å². The van der Waals surface area contributed by atoms with Gasteiger partial charge in [-0.05, 0) is 5.56 Å². The van der Waals surface area contributed by atoms with Gasteiger partial charge >= 0.3 is 6.09 Å². The van der Waals surface area contributed by atoms with Crippen LogP contribution in [0.4, 0.5) is 4.79 Å². The number of hydrogen-bond donors (Lipinski definition) is 1. The van der Waals surface area contributed by atoms with Crippen molar-refractivity contribution in [2.24, 2.45) is 5.73 Å². The van der Waals surface area contributed by atoms with Gasteiger partial charge in [-0.2, -0.15) is 0 Å². The average Bonchev–Trinajstić information content (AvgIpc) is 3.14. The lowest BCUT2D eigenvalue weighted by Crippen LogP contribution is -2.46. The number of benzene rings is 1. The summed E-state index contributed by atoms with van der Waals surface area (Å²) in [4.78, 5) is 11.2. The van der Waals surface area contributed by atoms with Crippen LogP contribution in [0.2, 0.25) is 0 Å². The number of rotatable bonds is 6. The number of carbonyl (C=O) groups is 1. The summed E-state index contributed by atoms with van der Waals surface area (Å²) in [7, 11) is 1.58. The highest BCUT2D eigenvalue weighted by molar-refractivity contribution is 5.64. The Bertz CT molecular complexity index is 494. The van der Waals surface area contributed by atoms with Gasteiger partial charge in [-0.1, -0.05) is 30.3 Å². The molecule has 0 radical (unpaired) electrons. The Morgan fingerprint density at radius 1 is 1.43 bits per heavy atom. The molecule has 0 spiro atoms. The predicted molar refractivity (Wildman–Crippen MR) is 73.8 cm³/mol.